The lowest BCUT2D eigenvalue weighted by atomic mass is 10.0. The van der Waals surface area contributed by atoms with E-state index in [1.807, 2.05) is 0 Å². The van der Waals surface area contributed by atoms with Crippen LogP contribution in [0.1, 0.15) is 33.4 Å². The Balaban J connectivity index is 0.979. The maximum absolute atomic E-state index is 2.35. The zero-order valence-corrected chi connectivity index (χ0v) is 35.6. The van der Waals surface area contributed by atoms with Gasteiger partial charge in [-0.3, -0.25) is 0 Å². The fraction of sp³-hybridized carbons (Fsp3) is 0.100. The van der Waals surface area contributed by atoms with Crippen LogP contribution in [0, 0.1) is 0 Å². The molecule has 0 radical (unpaired) electrons. The fourth-order valence-corrected chi connectivity index (χ4v) is 8.81. The average molecular weight is 814 g/mol. The Morgan fingerprint density at radius 3 is 0.460 bits per heavy atom. The maximum atomic E-state index is 2.35. The van der Waals surface area contributed by atoms with Gasteiger partial charge in [0.15, 0.2) is 0 Å². The maximum Gasteiger partial charge on any atom is 0.0461 e. The van der Waals surface area contributed by atoms with Crippen molar-refractivity contribution in [3.63, 3.8) is 0 Å². The van der Waals surface area contributed by atoms with Gasteiger partial charge in [0.25, 0.3) is 0 Å². The van der Waals surface area contributed by atoms with Crippen molar-refractivity contribution >= 4 is 51.2 Å². The average Bonchev–Trinajstić information content (AvgIpc) is 3.35. The molecule has 0 amide bonds. The van der Waals surface area contributed by atoms with Crippen LogP contribution in [0.5, 0.6) is 0 Å². The van der Waals surface area contributed by atoms with Crippen molar-refractivity contribution in [2.75, 3.05) is 14.7 Å². The summed E-state index contributed by atoms with van der Waals surface area (Å²) in [5.41, 5.74) is 18.3. The molecular formula is C60H51N3. The molecule has 3 nitrogen and oxygen atoms in total. The summed E-state index contributed by atoms with van der Waals surface area (Å²) in [6, 6.07) is 86.8. The van der Waals surface area contributed by atoms with E-state index in [4.69, 9.17) is 0 Å². The molecule has 0 atom stereocenters. The minimum Gasteiger partial charge on any atom is -0.311 e. The Morgan fingerprint density at radius 1 is 0.159 bits per heavy atom. The molecule has 0 saturated carbocycles. The summed E-state index contributed by atoms with van der Waals surface area (Å²) >= 11 is 0. The molecule has 0 fully saturated rings. The SMILES string of the molecule is c1ccc(N2c3ccc(cc3)CCc3ccc(cc3)N(c3ccccc3)c3ccc(cc3)CCc3ccc(cc3)N(c3ccccc3)c3ccc(cc3)CCc3ccc2cc3)cc1. The van der Waals surface area contributed by atoms with E-state index in [0.29, 0.717) is 0 Å². The molecule has 3 heteroatoms. The second-order valence-electron chi connectivity index (χ2n) is 16.5. The highest BCUT2D eigenvalue weighted by Crippen LogP contribution is 2.38. The van der Waals surface area contributed by atoms with Gasteiger partial charge in [0.1, 0.15) is 0 Å². The van der Waals surface area contributed by atoms with Crippen LogP contribution in [0.4, 0.5) is 51.2 Å². The first-order valence-electron chi connectivity index (χ1n) is 22.3. The molecule has 0 saturated heterocycles. The highest BCUT2D eigenvalue weighted by Gasteiger charge is 2.16. The predicted octanol–water partition coefficient (Wildman–Crippen LogP) is 15.8. The van der Waals surface area contributed by atoms with E-state index in [2.05, 4.69) is 251 Å². The van der Waals surface area contributed by atoms with Crippen molar-refractivity contribution in [3.05, 3.63) is 270 Å². The predicted molar refractivity (Wildman–Crippen MR) is 266 cm³/mol. The number of anilines is 9. The Hall–Kier alpha value is -7.62. The molecule has 10 aliphatic rings. The third-order valence-electron chi connectivity index (χ3n) is 12.3. The lowest BCUT2D eigenvalue weighted by molar-refractivity contribution is 0.958. The van der Waals surface area contributed by atoms with E-state index in [1.54, 1.807) is 0 Å². The fourth-order valence-electron chi connectivity index (χ4n) is 8.81. The van der Waals surface area contributed by atoms with Crippen LogP contribution >= 0.6 is 0 Å². The molecule has 12 bridgehead atoms. The molecule has 9 aromatic rings. The summed E-state index contributed by atoms with van der Waals surface area (Å²) in [7, 11) is 0. The first kappa shape index (κ1) is 39.5. The molecule has 10 heterocycles. The number of nitrogens with zero attached hydrogens (tertiary/aromatic N) is 3. The van der Waals surface area contributed by atoms with E-state index >= 15 is 0 Å². The molecule has 0 unspecified atom stereocenters. The zero-order valence-electron chi connectivity index (χ0n) is 35.6. The van der Waals surface area contributed by atoms with Crippen molar-refractivity contribution in [1.29, 1.82) is 0 Å². The van der Waals surface area contributed by atoms with Gasteiger partial charge in [-0.1, -0.05) is 127 Å². The van der Waals surface area contributed by atoms with Crippen LogP contribution in [-0.2, 0) is 38.5 Å². The Morgan fingerprint density at radius 2 is 0.302 bits per heavy atom. The summed E-state index contributed by atoms with van der Waals surface area (Å²) in [6.07, 6.45) is 5.84. The standard InChI is InChI=1S/C60H51N3/c1-4-10-52(11-5-1)61-55-34-22-46(23-35-55)16-18-48-26-38-57(39-27-48)62(53-12-6-2-7-13-53)59-42-30-50(31-43-59)20-21-51-32-44-60(45-33-51)63(54-14-8-3-9-15-54)58-40-28-49(29-41-58)19-17-47-24-36-56(61)37-25-47/h1-15,22-45H,16-21H2. The van der Waals surface area contributed by atoms with E-state index in [9.17, 15) is 0 Å². The Bertz CT molecular complexity index is 2360. The first-order valence-corrected chi connectivity index (χ1v) is 22.3. The Kier molecular flexibility index (Phi) is 11.6. The van der Waals surface area contributed by atoms with Gasteiger partial charge < -0.3 is 14.7 Å². The summed E-state index contributed by atoms with van der Waals surface area (Å²) in [5.74, 6) is 0. The largest absolute Gasteiger partial charge is 0.311 e. The minimum absolute atomic E-state index is 0.974. The highest BCUT2D eigenvalue weighted by molar-refractivity contribution is 5.79. The van der Waals surface area contributed by atoms with Gasteiger partial charge in [0.2, 0.25) is 0 Å². The molecule has 306 valence electrons. The van der Waals surface area contributed by atoms with Crippen molar-refractivity contribution in [2.45, 2.75) is 38.5 Å². The van der Waals surface area contributed by atoms with Gasteiger partial charge in [-0.15, -0.1) is 0 Å². The second-order valence-corrected chi connectivity index (χ2v) is 16.5. The van der Waals surface area contributed by atoms with Crippen LogP contribution < -0.4 is 14.7 Å². The van der Waals surface area contributed by atoms with Crippen LogP contribution in [0.25, 0.3) is 0 Å². The van der Waals surface area contributed by atoms with E-state index in [1.165, 1.54) is 33.4 Å². The number of para-hydroxylation sites is 3. The summed E-state index contributed by atoms with van der Waals surface area (Å²) in [4.78, 5) is 7.06. The van der Waals surface area contributed by atoms with Gasteiger partial charge in [0.05, 0.1) is 0 Å². The number of aryl methyl sites for hydroxylation is 6. The van der Waals surface area contributed by atoms with Gasteiger partial charge >= 0.3 is 0 Å². The third-order valence-corrected chi connectivity index (χ3v) is 12.3. The highest BCUT2D eigenvalue weighted by atomic mass is 15.2. The van der Waals surface area contributed by atoms with Crippen LogP contribution in [0.3, 0.4) is 0 Å². The summed E-state index contributed by atoms with van der Waals surface area (Å²) in [5, 5.41) is 0. The third kappa shape index (κ3) is 9.20. The van der Waals surface area contributed by atoms with E-state index in [0.717, 1.165) is 89.7 Å². The van der Waals surface area contributed by atoms with E-state index in [-0.39, 0.29) is 0 Å². The van der Waals surface area contributed by atoms with Gasteiger partial charge in [-0.2, -0.15) is 0 Å². The normalized spacial score (nSPS) is 13.2. The van der Waals surface area contributed by atoms with Crippen LogP contribution in [0.15, 0.2) is 237 Å². The zero-order chi connectivity index (χ0) is 42.2. The smallest absolute Gasteiger partial charge is 0.0461 e. The molecular weight excluding hydrogens is 763 g/mol. The molecule has 63 heavy (non-hydrogen) atoms. The van der Waals surface area contributed by atoms with E-state index < -0.39 is 0 Å². The monoisotopic (exact) mass is 813 g/mol. The van der Waals surface area contributed by atoms with Gasteiger partial charge in [-0.25, -0.2) is 0 Å². The lowest BCUT2D eigenvalue weighted by Crippen LogP contribution is -2.10. The van der Waals surface area contributed by atoms with Gasteiger partial charge in [0, 0.05) is 51.2 Å². The molecule has 0 aliphatic carbocycles. The minimum atomic E-state index is 0.974. The molecule has 0 aromatic heterocycles. The molecule has 0 N–H and O–H groups in total. The van der Waals surface area contributed by atoms with Crippen molar-refractivity contribution in [2.24, 2.45) is 0 Å². The molecule has 19 rings (SSSR count). The number of benzene rings is 9. The van der Waals surface area contributed by atoms with Crippen molar-refractivity contribution < 1.29 is 0 Å². The van der Waals surface area contributed by atoms with Crippen molar-refractivity contribution in [3.8, 4) is 0 Å². The number of hydrogen-bond acceptors (Lipinski definition) is 3. The molecule has 9 aromatic carbocycles. The molecule has 10 aliphatic heterocycles. The van der Waals surface area contributed by atoms with Crippen LogP contribution in [0.2, 0.25) is 0 Å². The first-order chi connectivity index (χ1) is 31.2. The Labute approximate surface area is 372 Å². The number of rotatable bonds is 3. The van der Waals surface area contributed by atoms with Crippen LogP contribution in [-0.4, -0.2) is 0 Å². The lowest BCUT2D eigenvalue weighted by Gasteiger charge is -2.26. The topological polar surface area (TPSA) is 9.72 Å². The summed E-state index contributed by atoms with van der Waals surface area (Å²) in [6.45, 7) is 0. The van der Waals surface area contributed by atoms with Gasteiger partial charge in [-0.05, 0) is 181 Å². The quantitative estimate of drug-likeness (QED) is 0.176. The number of hydrogen-bond donors (Lipinski definition) is 0. The summed E-state index contributed by atoms with van der Waals surface area (Å²) < 4.78 is 0. The van der Waals surface area contributed by atoms with Crippen molar-refractivity contribution in [1.82, 2.24) is 0 Å². The second kappa shape index (κ2) is 18.6. The molecule has 0 spiro atoms.